The van der Waals surface area contributed by atoms with Crippen molar-refractivity contribution in [2.45, 2.75) is 43.0 Å². The number of carbonyl (C=O) groups excluding carboxylic acids is 2. The van der Waals surface area contributed by atoms with Crippen LogP contribution in [0, 0.1) is 0 Å². The van der Waals surface area contributed by atoms with Gasteiger partial charge in [-0.3, -0.25) is 14.1 Å². The van der Waals surface area contributed by atoms with Gasteiger partial charge in [-0.1, -0.05) is 43.5 Å². The van der Waals surface area contributed by atoms with Gasteiger partial charge in [0, 0.05) is 22.9 Å². The number of nitrogens with one attached hydrogen (secondary N) is 1. The fraction of sp³-hybridized carbons (Fsp3) is 0.250. The lowest BCUT2D eigenvalue weighted by molar-refractivity contribution is 0.0696. The fourth-order valence-electron chi connectivity index (χ4n) is 5.13. The van der Waals surface area contributed by atoms with E-state index in [1.54, 1.807) is 12.1 Å². The van der Waals surface area contributed by atoms with E-state index in [1.165, 1.54) is 31.4 Å². The van der Waals surface area contributed by atoms with Crippen LogP contribution in [0.15, 0.2) is 63.7 Å². The highest BCUT2D eigenvalue weighted by molar-refractivity contribution is 7.86. The zero-order chi connectivity index (χ0) is 28.6. The molecule has 2 aliphatic rings. The summed E-state index contributed by atoms with van der Waals surface area (Å²) < 4.78 is 40.7. The van der Waals surface area contributed by atoms with Crippen LogP contribution in [-0.4, -0.2) is 48.8 Å². The molecule has 12 heteroatoms. The first-order chi connectivity index (χ1) is 19.1. The molecular weight excluding hydrogens is 538 g/mol. The predicted molar refractivity (Wildman–Crippen MR) is 144 cm³/mol. The van der Waals surface area contributed by atoms with E-state index in [9.17, 15) is 32.5 Å². The van der Waals surface area contributed by atoms with E-state index in [1.807, 2.05) is 0 Å². The Morgan fingerprint density at radius 3 is 2.20 bits per heavy atom. The first-order valence-electron chi connectivity index (χ1n) is 12.6. The number of hydrogen-bond donors (Lipinski definition) is 3. The summed E-state index contributed by atoms with van der Waals surface area (Å²) in [6.07, 6.45) is 4.53. The summed E-state index contributed by atoms with van der Waals surface area (Å²) in [6.45, 7) is 0. The Bertz CT molecular complexity index is 1690. The maximum atomic E-state index is 13.8. The first kappa shape index (κ1) is 27.2. The van der Waals surface area contributed by atoms with Crippen LogP contribution in [0.25, 0.3) is 0 Å². The normalized spacial score (nSPS) is 15.6. The molecule has 3 aromatic rings. The monoisotopic (exact) mass is 563 g/mol. The Morgan fingerprint density at radius 1 is 0.950 bits per heavy atom. The summed E-state index contributed by atoms with van der Waals surface area (Å²) in [4.78, 5) is 38.3. The van der Waals surface area contributed by atoms with Gasteiger partial charge in [0.2, 0.25) is 0 Å². The molecule has 2 aliphatic carbocycles. The quantitative estimate of drug-likeness (QED) is 0.192. The number of nitrogens with zero attached hydrogens (tertiary/aromatic N) is 2. The fourth-order valence-corrected chi connectivity index (χ4v) is 5.79. The third kappa shape index (κ3) is 4.98. The van der Waals surface area contributed by atoms with Crippen molar-refractivity contribution in [2.24, 2.45) is 10.2 Å². The summed E-state index contributed by atoms with van der Waals surface area (Å²) in [5.41, 5.74) is -0.830. The van der Waals surface area contributed by atoms with Gasteiger partial charge in [-0.25, -0.2) is 4.79 Å². The largest absolute Gasteiger partial charge is 0.494 e. The summed E-state index contributed by atoms with van der Waals surface area (Å²) in [5.74, 6) is -2.29. The van der Waals surface area contributed by atoms with Crippen LogP contribution in [0.3, 0.4) is 0 Å². The maximum Gasteiger partial charge on any atom is 0.335 e. The molecule has 1 fully saturated rings. The van der Waals surface area contributed by atoms with Crippen LogP contribution in [-0.2, 0) is 10.1 Å². The number of carboxylic acids is 1. The molecule has 0 aromatic heterocycles. The molecule has 40 heavy (non-hydrogen) atoms. The predicted octanol–water partition coefficient (Wildman–Crippen LogP) is 5.58. The molecule has 0 unspecified atom stereocenters. The van der Waals surface area contributed by atoms with Gasteiger partial charge in [-0.15, -0.1) is 10.2 Å². The van der Waals surface area contributed by atoms with Crippen LogP contribution in [0.4, 0.5) is 17.1 Å². The molecule has 11 nitrogen and oxygen atoms in total. The second-order valence-corrected chi connectivity index (χ2v) is 11.0. The third-order valence-electron chi connectivity index (χ3n) is 7.06. The van der Waals surface area contributed by atoms with Crippen molar-refractivity contribution >= 4 is 44.7 Å². The van der Waals surface area contributed by atoms with Crippen LogP contribution in [0.5, 0.6) is 5.75 Å². The standard InChI is InChI=1S/C28H25N3O8S/c1-39-21-12-11-15(28(34)35)13-19(21)30-31-25-22(40(36,37)38)14-20(29-16-7-3-2-4-8-16)23-24(25)27(33)18-10-6-5-9-17(18)26(23)32/h5-6,9-14,16,29H,2-4,7-8H2,1H3,(H,34,35)(H,36,37,38). The highest BCUT2D eigenvalue weighted by Gasteiger charge is 2.38. The Kier molecular flexibility index (Phi) is 7.21. The maximum absolute atomic E-state index is 13.8. The lowest BCUT2D eigenvalue weighted by Crippen LogP contribution is -2.27. The van der Waals surface area contributed by atoms with Gasteiger partial charge in [-0.2, -0.15) is 8.42 Å². The van der Waals surface area contributed by atoms with E-state index < -0.39 is 38.2 Å². The van der Waals surface area contributed by atoms with Crippen molar-refractivity contribution in [3.05, 3.63) is 76.3 Å². The zero-order valence-electron chi connectivity index (χ0n) is 21.4. The molecule has 5 rings (SSSR count). The van der Waals surface area contributed by atoms with E-state index in [0.29, 0.717) is 0 Å². The lowest BCUT2D eigenvalue weighted by atomic mass is 9.82. The minimum Gasteiger partial charge on any atom is -0.494 e. The number of carboxylic acid groups (broad SMARTS) is 1. The van der Waals surface area contributed by atoms with Crippen molar-refractivity contribution in [1.29, 1.82) is 0 Å². The van der Waals surface area contributed by atoms with Crippen molar-refractivity contribution in [3.63, 3.8) is 0 Å². The van der Waals surface area contributed by atoms with Crippen LogP contribution < -0.4 is 10.1 Å². The number of carbonyl (C=O) groups is 3. The Balaban J connectivity index is 1.77. The molecule has 206 valence electrons. The second-order valence-electron chi connectivity index (χ2n) is 9.57. The Morgan fingerprint density at radius 2 is 1.60 bits per heavy atom. The van der Waals surface area contributed by atoms with Crippen molar-refractivity contribution in [2.75, 3.05) is 12.4 Å². The van der Waals surface area contributed by atoms with Crippen molar-refractivity contribution in [1.82, 2.24) is 0 Å². The molecule has 3 aromatic carbocycles. The van der Waals surface area contributed by atoms with Gasteiger partial charge in [0.05, 0.1) is 23.8 Å². The Hall–Kier alpha value is -4.42. The van der Waals surface area contributed by atoms with E-state index >= 15 is 0 Å². The molecule has 0 spiro atoms. The number of hydrogen-bond acceptors (Lipinski definition) is 9. The van der Waals surface area contributed by atoms with Gasteiger partial charge in [0.1, 0.15) is 22.0 Å². The molecule has 0 amide bonds. The molecule has 0 bridgehead atoms. The number of azo groups is 1. The molecule has 0 aliphatic heterocycles. The second kappa shape index (κ2) is 10.6. The average Bonchev–Trinajstić information content (AvgIpc) is 2.94. The van der Waals surface area contributed by atoms with Gasteiger partial charge in [0.15, 0.2) is 11.6 Å². The number of benzene rings is 3. The minimum absolute atomic E-state index is 0.0537. The number of fused-ring (bicyclic) bond motifs is 2. The summed E-state index contributed by atoms with van der Waals surface area (Å²) in [7, 11) is -3.65. The van der Waals surface area contributed by atoms with Crippen LogP contribution in [0.2, 0.25) is 0 Å². The van der Waals surface area contributed by atoms with Gasteiger partial charge < -0.3 is 15.2 Å². The van der Waals surface area contributed by atoms with Crippen LogP contribution >= 0.6 is 0 Å². The smallest absolute Gasteiger partial charge is 0.335 e. The number of rotatable bonds is 7. The zero-order valence-corrected chi connectivity index (χ0v) is 22.2. The third-order valence-corrected chi connectivity index (χ3v) is 7.93. The summed E-state index contributed by atoms with van der Waals surface area (Å²) in [6, 6.07) is 11.0. The average molecular weight is 564 g/mol. The van der Waals surface area contributed by atoms with E-state index in [0.717, 1.165) is 44.2 Å². The number of ketones is 2. The van der Waals surface area contributed by atoms with Crippen molar-refractivity contribution in [3.8, 4) is 5.75 Å². The van der Waals surface area contributed by atoms with Crippen molar-refractivity contribution < 1.29 is 37.2 Å². The first-order valence-corrected chi connectivity index (χ1v) is 14.0. The number of anilines is 1. The number of ether oxygens (including phenoxy) is 1. The highest BCUT2D eigenvalue weighted by Crippen LogP contribution is 2.43. The van der Waals surface area contributed by atoms with E-state index in [-0.39, 0.29) is 51.0 Å². The molecule has 0 saturated heterocycles. The topological polar surface area (TPSA) is 172 Å². The summed E-state index contributed by atoms with van der Waals surface area (Å²) >= 11 is 0. The van der Waals surface area contributed by atoms with Crippen LogP contribution in [0.1, 0.15) is 74.3 Å². The summed E-state index contributed by atoms with van der Waals surface area (Å²) in [5, 5.41) is 20.6. The van der Waals surface area contributed by atoms with Gasteiger partial charge >= 0.3 is 5.97 Å². The SMILES string of the molecule is COc1ccc(C(=O)O)cc1N=Nc1c(S(=O)(=O)O)cc(NC2CCCCC2)c2c1C(=O)c1ccccc1C2=O. The molecular formula is C28H25N3O8S. The number of methoxy groups -OCH3 is 1. The molecule has 0 radical (unpaired) electrons. The van der Waals surface area contributed by atoms with E-state index in [4.69, 9.17) is 4.74 Å². The number of aromatic carboxylic acids is 1. The van der Waals surface area contributed by atoms with Gasteiger partial charge in [-0.05, 0) is 37.1 Å². The molecule has 0 atom stereocenters. The molecule has 0 heterocycles. The minimum atomic E-state index is -4.97. The van der Waals surface area contributed by atoms with Gasteiger partial charge in [0.25, 0.3) is 10.1 Å². The Labute approximate surface area is 229 Å². The highest BCUT2D eigenvalue weighted by atomic mass is 32.2. The van der Waals surface area contributed by atoms with E-state index in [2.05, 4.69) is 15.5 Å². The molecule has 1 saturated carbocycles. The lowest BCUT2D eigenvalue weighted by Gasteiger charge is -2.28. The molecule has 3 N–H and O–H groups in total.